The number of nitrogens with one attached hydrogen (secondary N) is 1. The summed E-state index contributed by atoms with van der Waals surface area (Å²) in [6.45, 7) is 3.08. The van der Waals surface area contributed by atoms with Crippen molar-refractivity contribution in [1.82, 2.24) is 4.90 Å². The summed E-state index contributed by atoms with van der Waals surface area (Å²) in [6, 6.07) is 12.8. The van der Waals surface area contributed by atoms with Crippen LogP contribution in [0.4, 0.5) is 5.69 Å². The number of hydrogen-bond donors (Lipinski definition) is 1. The molecule has 0 saturated heterocycles. The molecule has 0 atom stereocenters. The summed E-state index contributed by atoms with van der Waals surface area (Å²) < 4.78 is 5.45. The van der Waals surface area contributed by atoms with Crippen LogP contribution in [0.2, 0.25) is 5.02 Å². The first-order valence-electron chi connectivity index (χ1n) is 8.63. The minimum Gasteiger partial charge on any atom is -0.482 e. The van der Waals surface area contributed by atoms with Crippen molar-refractivity contribution in [1.29, 1.82) is 0 Å². The standard InChI is InChI=1S/C20H21ClN2O3/c1-2-20(25)23-10-9-14-7-8-16(11-15(14)12-23)22-19(24)13-26-18-6-4-3-5-17(18)21/h3-8,11H,2,9-10,12-13H2,1H3,(H,22,24). The number of halogens is 1. The lowest BCUT2D eigenvalue weighted by Crippen LogP contribution is -2.35. The van der Waals surface area contributed by atoms with Gasteiger partial charge in [-0.15, -0.1) is 0 Å². The smallest absolute Gasteiger partial charge is 0.262 e. The van der Waals surface area contributed by atoms with Gasteiger partial charge in [-0.3, -0.25) is 9.59 Å². The molecule has 0 aliphatic carbocycles. The van der Waals surface area contributed by atoms with Gasteiger partial charge in [0.2, 0.25) is 5.91 Å². The normalized spacial score (nSPS) is 13.1. The molecular weight excluding hydrogens is 352 g/mol. The highest BCUT2D eigenvalue weighted by Crippen LogP contribution is 2.24. The van der Waals surface area contributed by atoms with Gasteiger partial charge >= 0.3 is 0 Å². The van der Waals surface area contributed by atoms with Crippen molar-refractivity contribution in [2.24, 2.45) is 0 Å². The molecule has 6 heteroatoms. The van der Waals surface area contributed by atoms with Crippen molar-refractivity contribution in [2.45, 2.75) is 26.3 Å². The van der Waals surface area contributed by atoms with Gasteiger partial charge in [-0.2, -0.15) is 0 Å². The average molecular weight is 373 g/mol. The van der Waals surface area contributed by atoms with Crippen LogP contribution < -0.4 is 10.1 Å². The van der Waals surface area contributed by atoms with Crippen molar-refractivity contribution in [2.75, 3.05) is 18.5 Å². The number of carbonyl (C=O) groups is 2. The number of rotatable bonds is 5. The quantitative estimate of drug-likeness (QED) is 0.871. The fraction of sp³-hybridized carbons (Fsp3) is 0.300. The molecule has 0 aromatic heterocycles. The van der Waals surface area contributed by atoms with Gasteiger partial charge in [-0.25, -0.2) is 0 Å². The summed E-state index contributed by atoms with van der Waals surface area (Å²) in [4.78, 5) is 25.9. The number of anilines is 1. The first-order chi connectivity index (χ1) is 12.6. The molecule has 3 rings (SSSR count). The van der Waals surface area contributed by atoms with E-state index in [-0.39, 0.29) is 18.4 Å². The van der Waals surface area contributed by atoms with Gasteiger partial charge in [0, 0.05) is 25.2 Å². The maximum atomic E-state index is 12.1. The Morgan fingerprint density at radius 3 is 2.77 bits per heavy atom. The molecule has 1 N–H and O–H groups in total. The van der Waals surface area contributed by atoms with E-state index in [1.54, 1.807) is 24.3 Å². The van der Waals surface area contributed by atoms with Crippen molar-refractivity contribution < 1.29 is 14.3 Å². The Balaban J connectivity index is 1.61. The topological polar surface area (TPSA) is 58.6 Å². The van der Waals surface area contributed by atoms with E-state index < -0.39 is 0 Å². The maximum Gasteiger partial charge on any atom is 0.262 e. The lowest BCUT2D eigenvalue weighted by molar-refractivity contribution is -0.131. The molecule has 0 fully saturated rings. The van der Waals surface area contributed by atoms with Crippen molar-refractivity contribution in [3.8, 4) is 5.75 Å². The molecule has 2 amide bonds. The number of benzene rings is 2. The summed E-state index contributed by atoms with van der Waals surface area (Å²) in [5.41, 5.74) is 2.99. The van der Waals surface area contributed by atoms with Crippen LogP contribution in [-0.4, -0.2) is 29.9 Å². The number of carbonyl (C=O) groups excluding carboxylic acids is 2. The molecular formula is C20H21ClN2O3. The number of ether oxygens (including phenoxy) is 1. The zero-order valence-electron chi connectivity index (χ0n) is 14.6. The van der Waals surface area contributed by atoms with Crippen LogP contribution in [-0.2, 0) is 22.6 Å². The zero-order chi connectivity index (χ0) is 18.5. The Morgan fingerprint density at radius 2 is 2.00 bits per heavy atom. The van der Waals surface area contributed by atoms with Crippen LogP contribution in [0.15, 0.2) is 42.5 Å². The molecule has 1 heterocycles. The van der Waals surface area contributed by atoms with Gasteiger partial charge in [-0.1, -0.05) is 36.7 Å². The van der Waals surface area contributed by atoms with E-state index >= 15 is 0 Å². The zero-order valence-corrected chi connectivity index (χ0v) is 15.4. The summed E-state index contributed by atoms with van der Waals surface area (Å²) in [5, 5.41) is 3.30. The lowest BCUT2D eigenvalue weighted by atomic mass is 9.99. The summed E-state index contributed by atoms with van der Waals surface area (Å²) in [5.74, 6) is 0.365. The van der Waals surface area contributed by atoms with Crippen LogP contribution in [0, 0.1) is 0 Å². The predicted molar refractivity (Wildman–Crippen MR) is 101 cm³/mol. The van der Waals surface area contributed by atoms with Crippen LogP contribution in [0.5, 0.6) is 5.75 Å². The summed E-state index contributed by atoms with van der Waals surface area (Å²) in [7, 11) is 0. The molecule has 2 aromatic rings. The van der Waals surface area contributed by atoms with Crippen molar-refractivity contribution in [3.05, 3.63) is 58.6 Å². The molecule has 0 unspecified atom stereocenters. The largest absolute Gasteiger partial charge is 0.482 e. The molecule has 136 valence electrons. The van der Waals surface area contributed by atoms with E-state index in [0.717, 1.165) is 18.5 Å². The van der Waals surface area contributed by atoms with E-state index in [0.29, 0.717) is 29.4 Å². The van der Waals surface area contributed by atoms with Crippen LogP contribution >= 0.6 is 11.6 Å². The molecule has 0 bridgehead atoms. The number of hydrogen-bond acceptors (Lipinski definition) is 3. The highest BCUT2D eigenvalue weighted by molar-refractivity contribution is 6.32. The van der Waals surface area contributed by atoms with E-state index in [1.807, 2.05) is 30.0 Å². The Bertz CT molecular complexity index is 822. The van der Waals surface area contributed by atoms with Gasteiger partial charge in [0.1, 0.15) is 5.75 Å². The Labute approximate surface area is 157 Å². The minimum atomic E-state index is -0.262. The molecule has 1 aliphatic heterocycles. The lowest BCUT2D eigenvalue weighted by Gasteiger charge is -2.29. The maximum absolute atomic E-state index is 12.1. The number of nitrogens with zero attached hydrogens (tertiary/aromatic N) is 1. The van der Waals surface area contributed by atoms with Gasteiger partial charge in [-0.05, 0) is 41.8 Å². The monoisotopic (exact) mass is 372 g/mol. The Hall–Kier alpha value is -2.53. The second-order valence-corrected chi connectivity index (χ2v) is 6.58. The van der Waals surface area contributed by atoms with E-state index in [4.69, 9.17) is 16.3 Å². The number of para-hydroxylation sites is 1. The van der Waals surface area contributed by atoms with Gasteiger partial charge in [0.15, 0.2) is 6.61 Å². The SMILES string of the molecule is CCC(=O)N1CCc2ccc(NC(=O)COc3ccccc3Cl)cc2C1. The number of amides is 2. The highest BCUT2D eigenvalue weighted by atomic mass is 35.5. The molecule has 2 aromatic carbocycles. The molecule has 1 aliphatic rings. The van der Waals surface area contributed by atoms with Crippen LogP contribution in [0.25, 0.3) is 0 Å². The molecule has 26 heavy (non-hydrogen) atoms. The molecule has 5 nitrogen and oxygen atoms in total. The third-order valence-corrected chi connectivity index (χ3v) is 4.67. The van der Waals surface area contributed by atoms with Gasteiger partial charge in [0.25, 0.3) is 5.91 Å². The fourth-order valence-electron chi connectivity index (χ4n) is 2.97. The van der Waals surface area contributed by atoms with Crippen molar-refractivity contribution >= 4 is 29.1 Å². The van der Waals surface area contributed by atoms with E-state index in [2.05, 4.69) is 5.32 Å². The highest BCUT2D eigenvalue weighted by Gasteiger charge is 2.20. The first-order valence-corrected chi connectivity index (χ1v) is 9.01. The molecule has 0 radical (unpaired) electrons. The first kappa shape index (κ1) is 18.3. The Kier molecular flexibility index (Phi) is 5.78. The Morgan fingerprint density at radius 1 is 1.19 bits per heavy atom. The molecule has 0 saturated carbocycles. The summed E-state index contributed by atoms with van der Waals surface area (Å²) >= 11 is 6.01. The van der Waals surface area contributed by atoms with Crippen LogP contribution in [0.1, 0.15) is 24.5 Å². The van der Waals surface area contributed by atoms with Crippen LogP contribution in [0.3, 0.4) is 0 Å². The van der Waals surface area contributed by atoms with Gasteiger partial charge < -0.3 is 15.0 Å². The van der Waals surface area contributed by atoms with Crippen molar-refractivity contribution in [3.63, 3.8) is 0 Å². The average Bonchev–Trinajstić information content (AvgIpc) is 2.66. The minimum absolute atomic E-state index is 0.124. The predicted octanol–water partition coefficient (Wildman–Crippen LogP) is 3.65. The fourth-order valence-corrected chi connectivity index (χ4v) is 3.16. The molecule has 0 spiro atoms. The van der Waals surface area contributed by atoms with E-state index in [1.165, 1.54) is 5.56 Å². The summed E-state index contributed by atoms with van der Waals surface area (Å²) in [6.07, 6.45) is 1.34. The second-order valence-electron chi connectivity index (χ2n) is 6.17. The number of fused-ring (bicyclic) bond motifs is 1. The van der Waals surface area contributed by atoms with E-state index in [9.17, 15) is 9.59 Å². The van der Waals surface area contributed by atoms with Gasteiger partial charge in [0.05, 0.1) is 5.02 Å². The third kappa shape index (κ3) is 4.35. The third-order valence-electron chi connectivity index (χ3n) is 4.35. The second kappa shape index (κ2) is 8.23.